The van der Waals surface area contributed by atoms with Crippen LogP contribution in [-0.2, 0) is 16.0 Å². The molecule has 0 aliphatic carbocycles. The molecule has 12 heteroatoms. The van der Waals surface area contributed by atoms with Crippen molar-refractivity contribution in [1.82, 2.24) is 9.97 Å². The number of rotatable bonds is 5. The highest BCUT2D eigenvalue weighted by atomic mass is 32.2. The summed E-state index contributed by atoms with van der Waals surface area (Å²) in [5.74, 6) is 0.320. The molecule has 0 atom stereocenters. The molecule has 0 radical (unpaired) electrons. The summed E-state index contributed by atoms with van der Waals surface area (Å²) in [7, 11) is -3.52. The van der Waals surface area contributed by atoms with Crippen LogP contribution in [0, 0.1) is 0 Å². The second-order valence-corrected chi connectivity index (χ2v) is 8.21. The molecular weight excluding hydrogens is 437 g/mol. The van der Waals surface area contributed by atoms with E-state index in [4.69, 9.17) is 4.74 Å². The monoisotopic (exact) mass is 452 g/mol. The van der Waals surface area contributed by atoms with E-state index in [0.717, 1.165) is 24.7 Å². The SMILES string of the molecule is CS(=O)(=O)c1cc(Oc2ccc(NC(=O)Nc3cccc(C(F)(F)F)c3)cc2)ncn1. The molecule has 0 saturated carbocycles. The Labute approximate surface area is 175 Å². The van der Waals surface area contributed by atoms with Crippen LogP contribution in [0.25, 0.3) is 0 Å². The van der Waals surface area contributed by atoms with Crippen LogP contribution < -0.4 is 15.4 Å². The molecule has 3 rings (SSSR count). The zero-order valence-corrected chi connectivity index (χ0v) is 16.7. The van der Waals surface area contributed by atoms with Gasteiger partial charge in [0.2, 0.25) is 5.88 Å². The molecule has 2 aromatic carbocycles. The summed E-state index contributed by atoms with van der Waals surface area (Å²) in [6.07, 6.45) is -2.46. The minimum Gasteiger partial charge on any atom is -0.439 e. The van der Waals surface area contributed by atoms with Gasteiger partial charge in [0, 0.05) is 23.7 Å². The van der Waals surface area contributed by atoms with E-state index in [2.05, 4.69) is 20.6 Å². The first kappa shape index (κ1) is 22.0. The average Bonchev–Trinajstić information content (AvgIpc) is 2.68. The molecule has 0 fully saturated rings. The third kappa shape index (κ3) is 6.15. The highest BCUT2D eigenvalue weighted by Gasteiger charge is 2.30. The minimum absolute atomic E-state index is 0.0124. The standard InChI is InChI=1S/C19H15F3N4O4S/c1-31(28,29)17-10-16(23-11-24-17)30-15-7-5-13(6-8-15)25-18(27)26-14-4-2-3-12(9-14)19(20,21)22/h2-11H,1H3,(H2,25,26,27). The number of carbonyl (C=O) groups excluding carboxylic acids is 1. The molecule has 2 N–H and O–H groups in total. The van der Waals surface area contributed by atoms with Crippen LogP contribution in [0.2, 0.25) is 0 Å². The van der Waals surface area contributed by atoms with Crippen LogP contribution in [0.4, 0.5) is 29.3 Å². The summed E-state index contributed by atoms with van der Waals surface area (Å²) in [6, 6.07) is 10.6. The number of nitrogens with zero attached hydrogens (tertiary/aromatic N) is 2. The number of alkyl halides is 3. The molecule has 0 aliphatic heterocycles. The Balaban J connectivity index is 1.63. The first-order valence-corrected chi connectivity index (χ1v) is 10.5. The van der Waals surface area contributed by atoms with Crippen molar-refractivity contribution in [3.05, 3.63) is 66.5 Å². The Kier molecular flexibility index (Phi) is 6.11. The Morgan fingerprint density at radius 1 is 0.968 bits per heavy atom. The largest absolute Gasteiger partial charge is 0.439 e. The fourth-order valence-electron chi connectivity index (χ4n) is 2.38. The normalized spacial score (nSPS) is 11.6. The van der Waals surface area contributed by atoms with Gasteiger partial charge in [-0.15, -0.1) is 0 Å². The Morgan fingerprint density at radius 3 is 2.29 bits per heavy atom. The molecule has 31 heavy (non-hydrogen) atoms. The predicted molar refractivity (Wildman–Crippen MR) is 106 cm³/mol. The number of aromatic nitrogens is 2. The topological polar surface area (TPSA) is 110 Å². The number of urea groups is 1. The number of hydrogen-bond donors (Lipinski definition) is 2. The highest BCUT2D eigenvalue weighted by Crippen LogP contribution is 2.30. The van der Waals surface area contributed by atoms with Gasteiger partial charge in [0.05, 0.1) is 5.56 Å². The van der Waals surface area contributed by atoms with Crippen LogP contribution in [-0.4, -0.2) is 30.7 Å². The van der Waals surface area contributed by atoms with Gasteiger partial charge in [-0.1, -0.05) is 6.07 Å². The van der Waals surface area contributed by atoms with Crippen molar-refractivity contribution in [2.24, 2.45) is 0 Å². The molecule has 0 unspecified atom stereocenters. The summed E-state index contributed by atoms with van der Waals surface area (Å²) < 4.78 is 66.8. The van der Waals surface area contributed by atoms with Crippen LogP contribution in [0.3, 0.4) is 0 Å². The van der Waals surface area contributed by atoms with Gasteiger partial charge in [-0.3, -0.25) is 0 Å². The zero-order valence-electron chi connectivity index (χ0n) is 15.8. The summed E-state index contributed by atoms with van der Waals surface area (Å²) in [5.41, 5.74) is -0.551. The van der Waals surface area contributed by atoms with Crippen molar-refractivity contribution >= 4 is 27.2 Å². The molecule has 2 amide bonds. The van der Waals surface area contributed by atoms with Gasteiger partial charge in [0.25, 0.3) is 0 Å². The van der Waals surface area contributed by atoms with Crippen molar-refractivity contribution in [2.75, 3.05) is 16.9 Å². The molecule has 1 heterocycles. The molecule has 0 saturated heterocycles. The van der Waals surface area contributed by atoms with E-state index in [0.29, 0.717) is 11.4 Å². The van der Waals surface area contributed by atoms with Gasteiger partial charge in [-0.05, 0) is 42.5 Å². The second-order valence-electron chi connectivity index (χ2n) is 6.25. The number of hydrogen-bond acceptors (Lipinski definition) is 6. The maximum atomic E-state index is 12.7. The van der Waals surface area contributed by atoms with Crippen LogP contribution in [0.5, 0.6) is 11.6 Å². The number of nitrogens with one attached hydrogen (secondary N) is 2. The van der Waals surface area contributed by atoms with Gasteiger partial charge in [0.1, 0.15) is 12.1 Å². The molecule has 3 aromatic rings. The second kappa shape index (κ2) is 8.60. The lowest BCUT2D eigenvalue weighted by atomic mass is 10.2. The highest BCUT2D eigenvalue weighted by molar-refractivity contribution is 7.90. The van der Waals surface area contributed by atoms with Crippen LogP contribution >= 0.6 is 0 Å². The quantitative estimate of drug-likeness (QED) is 0.558. The van der Waals surface area contributed by atoms with E-state index in [1.807, 2.05) is 0 Å². The number of halogens is 3. The predicted octanol–water partition coefficient (Wildman–Crippen LogP) is 4.34. The smallest absolute Gasteiger partial charge is 0.416 e. The maximum Gasteiger partial charge on any atom is 0.416 e. The van der Waals surface area contributed by atoms with Crippen molar-refractivity contribution in [1.29, 1.82) is 0 Å². The number of carbonyl (C=O) groups is 1. The summed E-state index contributed by atoms with van der Waals surface area (Å²) in [6.45, 7) is 0. The molecule has 0 aliphatic rings. The maximum absolute atomic E-state index is 12.7. The number of ether oxygens (including phenoxy) is 1. The van der Waals surface area contributed by atoms with E-state index >= 15 is 0 Å². The fourth-order valence-corrected chi connectivity index (χ4v) is 2.93. The Bertz CT molecular complexity index is 1200. The molecule has 0 bridgehead atoms. The lowest BCUT2D eigenvalue weighted by Crippen LogP contribution is -2.19. The molecule has 8 nitrogen and oxygen atoms in total. The van der Waals surface area contributed by atoms with E-state index in [1.54, 1.807) is 0 Å². The molecule has 1 aromatic heterocycles. The van der Waals surface area contributed by atoms with Crippen LogP contribution in [0.15, 0.2) is 66.0 Å². The summed E-state index contributed by atoms with van der Waals surface area (Å²) in [5, 5.41) is 4.61. The van der Waals surface area contributed by atoms with Gasteiger partial charge < -0.3 is 15.4 Å². The van der Waals surface area contributed by atoms with Gasteiger partial charge in [-0.2, -0.15) is 13.2 Å². The van der Waals surface area contributed by atoms with Gasteiger partial charge >= 0.3 is 12.2 Å². The fraction of sp³-hybridized carbons (Fsp3) is 0.105. The number of benzene rings is 2. The number of amides is 2. The van der Waals surface area contributed by atoms with E-state index in [9.17, 15) is 26.4 Å². The van der Waals surface area contributed by atoms with Gasteiger partial charge in [0.15, 0.2) is 14.9 Å². The third-order valence-electron chi connectivity index (χ3n) is 3.78. The van der Waals surface area contributed by atoms with Crippen molar-refractivity contribution in [2.45, 2.75) is 11.2 Å². The van der Waals surface area contributed by atoms with Crippen molar-refractivity contribution in [3.8, 4) is 11.6 Å². The molecular formula is C19H15F3N4O4S. The van der Waals surface area contributed by atoms with Crippen molar-refractivity contribution < 1.29 is 31.1 Å². The third-order valence-corrected chi connectivity index (χ3v) is 4.76. The Hall–Kier alpha value is -3.67. The lowest BCUT2D eigenvalue weighted by Gasteiger charge is -2.11. The average molecular weight is 452 g/mol. The first-order chi connectivity index (χ1) is 14.5. The van der Waals surface area contributed by atoms with E-state index < -0.39 is 27.6 Å². The number of sulfone groups is 1. The number of anilines is 2. The summed E-state index contributed by atoms with van der Waals surface area (Å²) in [4.78, 5) is 19.5. The van der Waals surface area contributed by atoms with E-state index in [-0.39, 0.29) is 16.6 Å². The van der Waals surface area contributed by atoms with E-state index in [1.165, 1.54) is 42.5 Å². The van der Waals surface area contributed by atoms with Crippen LogP contribution in [0.1, 0.15) is 5.56 Å². The molecule has 162 valence electrons. The Morgan fingerprint density at radius 2 is 1.65 bits per heavy atom. The molecule has 0 spiro atoms. The van der Waals surface area contributed by atoms with Crippen molar-refractivity contribution in [3.63, 3.8) is 0 Å². The van der Waals surface area contributed by atoms with Gasteiger partial charge in [-0.25, -0.2) is 23.2 Å². The summed E-state index contributed by atoms with van der Waals surface area (Å²) >= 11 is 0. The zero-order chi connectivity index (χ0) is 22.6. The first-order valence-electron chi connectivity index (χ1n) is 8.56. The lowest BCUT2D eigenvalue weighted by molar-refractivity contribution is -0.137. The minimum atomic E-state index is -4.52.